The van der Waals surface area contributed by atoms with E-state index in [0.717, 1.165) is 30.4 Å². The molecule has 0 spiro atoms. The minimum absolute atomic E-state index is 0.345. The van der Waals surface area contributed by atoms with Crippen LogP contribution in [0.4, 0.5) is 0 Å². The first-order chi connectivity index (χ1) is 9.13. The second-order valence-electron chi connectivity index (χ2n) is 4.74. The lowest BCUT2D eigenvalue weighted by Gasteiger charge is -2.24. The standard InChI is InChI=1S/C15H20O4/c1-3-18-15(17)10(2)19-14-9-5-6-11-12(14)7-4-8-13(11)16/h5-6,9-10,13,16H,3-4,7-8H2,1-2H3. The first-order valence-corrected chi connectivity index (χ1v) is 6.76. The number of aliphatic hydroxyl groups is 1. The smallest absolute Gasteiger partial charge is 0.347 e. The normalized spacial score (nSPS) is 19.4. The summed E-state index contributed by atoms with van der Waals surface area (Å²) in [6.07, 6.45) is 1.53. The van der Waals surface area contributed by atoms with E-state index in [2.05, 4.69) is 0 Å². The summed E-state index contributed by atoms with van der Waals surface area (Å²) in [4.78, 5) is 11.6. The van der Waals surface area contributed by atoms with E-state index >= 15 is 0 Å². The fourth-order valence-corrected chi connectivity index (χ4v) is 2.40. The van der Waals surface area contributed by atoms with E-state index in [1.165, 1.54) is 0 Å². The number of esters is 1. The molecule has 19 heavy (non-hydrogen) atoms. The van der Waals surface area contributed by atoms with E-state index in [1.54, 1.807) is 13.8 Å². The summed E-state index contributed by atoms with van der Waals surface area (Å²) >= 11 is 0. The van der Waals surface area contributed by atoms with Crippen LogP contribution in [0.5, 0.6) is 5.75 Å². The number of fused-ring (bicyclic) bond motifs is 1. The molecule has 0 fully saturated rings. The molecule has 1 N–H and O–H groups in total. The number of benzene rings is 1. The summed E-state index contributed by atoms with van der Waals surface area (Å²) < 4.78 is 10.6. The Kier molecular flexibility index (Phi) is 4.43. The maximum absolute atomic E-state index is 11.6. The molecule has 1 aliphatic carbocycles. The van der Waals surface area contributed by atoms with Crippen LogP contribution in [0.25, 0.3) is 0 Å². The molecule has 2 atom stereocenters. The lowest BCUT2D eigenvalue weighted by atomic mass is 9.89. The van der Waals surface area contributed by atoms with Gasteiger partial charge in [-0.15, -0.1) is 0 Å². The minimum Gasteiger partial charge on any atom is -0.479 e. The third-order valence-corrected chi connectivity index (χ3v) is 3.35. The molecule has 104 valence electrons. The average Bonchev–Trinajstić information content (AvgIpc) is 2.40. The molecule has 4 heteroatoms. The summed E-state index contributed by atoms with van der Waals surface area (Å²) in [5.41, 5.74) is 1.93. The fourth-order valence-electron chi connectivity index (χ4n) is 2.40. The van der Waals surface area contributed by atoms with Gasteiger partial charge in [0.05, 0.1) is 12.7 Å². The molecule has 4 nitrogen and oxygen atoms in total. The van der Waals surface area contributed by atoms with Gasteiger partial charge in [-0.2, -0.15) is 0 Å². The van der Waals surface area contributed by atoms with Gasteiger partial charge in [0.25, 0.3) is 0 Å². The number of hydrogen-bond donors (Lipinski definition) is 1. The molecule has 2 unspecified atom stereocenters. The monoisotopic (exact) mass is 264 g/mol. The van der Waals surface area contributed by atoms with E-state index in [0.29, 0.717) is 12.4 Å². The summed E-state index contributed by atoms with van der Waals surface area (Å²) in [5, 5.41) is 9.97. The number of rotatable bonds is 4. The zero-order valence-electron chi connectivity index (χ0n) is 11.4. The van der Waals surface area contributed by atoms with Gasteiger partial charge < -0.3 is 14.6 Å². The third kappa shape index (κ3) is 3.07. The molecular formula is C15H20O4. The third-order valence-electron chi connectivity index (χ3n) is 3.35. The number of carbonyl (C=O) groups is 1. The van der Waals surface area contributed by atoms with Gasteiger partial charge in [0.1, 0.15) is 5.75 Å². The van der Waals surface area contributed by atoms with Crippen molar-refractivity contribution in [2.24, 2.45) is 0 Å². The number of ether oxygens (including phenoxy) is 2. The molecule has 0 saturated carbocycles. The molecule has 1 aliphatic rings. The molecule has 0 aromatic heterocycles. The van der Waals surface area contributed by atoms with Gasteiger partial charge in [0.2, 0.25) is 0 Å². The number of carbonyl (C=O) groups excluding carboxylic acids is 1. The molecule has 1 aromatic rings. The highest BCUT2D eigenvalue weighted by Crippen LogP contribution is 2.35. The van der Waals surface area contributed by atoms with Crippen molar-refractivity contribution < 1.29 is 19.4 Å². The van der Waals surface area contributed by atoms with Crippen molar-refractivity contribution in [3.8, 4) is 5.75 Å². The Morgan fingerprint density at radius 3 is 3.05 bits per heavy atom. The van der Waals surface area contributed by atoms with Gasteiger partial charge in [0.15, 0.2) is 6.10 Å². The van der Waals surface area contributed by atoms with Crippen LogP contribution < -0.4 is 4.74 Å². The Morgan fingerprint density at radius 2 is 2.32 bits per heavy atom. The van der Waals surface area contributed by atoms with E-state index in [1.807, 2.05) is 18.2 Å². The van der Waals surface area contributed by atoms with Gasteiger partial charge in [-0.1, -0.05) is 12.1 Å². The lowest BCUT2D eigenvalue weighted by molar-refractivity contribution is -0.150. The van der Waals surface area contributed by atoms with Gasteiger partial charge in [0, 0.05) is 0 Å². The average molecular weight is 264 g/mol. The fraction of sp³-hybridized carbons (Fsp3) is 0.533. The quantitative estimate of drug-likeness (QED) is 0.848. The summed E-state index contributed by atoms with van der Waals surface area (Å²) in [5.74, 6) is 0.313. The van der Waals surface area contributed by atoms with Crippen molar-refractivity contribution in [2.75, 3.05) is 6.61 Å². The van der Waals surface area contributed by atoms with Crippen LogP contribution in [0.2, 0.25) is 0 Å². The molecule has 0 saturated heterocycles. The van der Waals surface area contributed by atoms with Crippen LogP contribution in [0, 0.1) is 0 Å². The van der Waals surface area contributed by atoms with E-state index in [9.17, 15) is 9.90 Å². The van der Waals surface area contributed by atoms with Gasteiger partial charge in [-0.25, -0.2) is 4.79 Å². The Labute approximate surface area is 113 Å². The van der Waals surface area contributed by atoms with Gasteiger partial charge in [-0.3, -0.25) is 0 Å². The van der Waals surface area contributed by atoms with Crippen molar-refractivity contribution in [3.63, 3.8) is 0 Å². The lowest BCUT2D eigenvalue weighted by Crippen LogP contribution is -2.27. The van der Waals surface area contributed by atoms with Crippen LogP contribution >= 0.6 is 0 Å². The Balaban J connectivity index is 2.17. The van der Waals surface area contributed by atoms with Crippen molar-refractivity contribution in [2.45, 2.75) is 45.3 Å². The highest BCUT2D eigenvalue weighted by atomic mass is 16.6. The van der Waals surface area contributed by atoms with Crippen LogP contribution in [0.15, 0.2) is 18.2 Å². The largest absolute Gasteiger partial charge is 0.479 e. The van der Waals surface area contributed by atoms with Crippen molar-refractivity contribution in [1.82, 2.24) is 0 Å². The van der Waals surface area contributed by atoms with Crippen molar-refractivity contribution in [3.05, 3.63) is 29.3 Å². The minimum atomic E-state index is -0.634. The van der Waals surface area contributed by atoms with Crippen LogP contribution in [-0.2, 0) is 16.0 Å². The molecule has 0 heterocycles. The zero-order valence-corrected chi connectivity index (χ0v) is 11.4. The summed E-state index contributed by atoms with van der Waals surface area (Å²) in [6.45, 7) is 3.79. The number of aliphatic hydroxyl groups excluding tert-OH is 1. The maximum Gasteiger partial charge on any atom is 0.347 e. The molecule has 2 rings (SSSR count). The van der Waals surface area contributed by atoms with E-state index in [4.69, 9.17) is 9.47 Å². The van der Waals surface area contributed by atoms with E-state index < -0.39 is 12.2 Å². The molecule has 0 radical (unpaired) electrons. The highest BCUT2D eigenvalue weighted by Gasteiger charge is 2.23. The predicted molar refractivity (Wildman–Crippen MR) is 71.1 cm³/mol. The summed E-state index contributed by atoms with van der Waals surface area (Å²) in [6, 6.07) is 5.61. The van der Waals surface area contributed by atoms with Crippen LogP contribution in [-0.4, -0.2) is 23.8 Å². The number of hydrogen-bond acceptors (Lipinski definition) is 4. The van der Waals surface area contributed by atoms with Crippen LogP contribution in [0.3, 0.4) is 0 Å². The van der Waals surface area contributed by atoms with Crippen LogP contribution in [0.1, 0.15) is 43.9 Å². The Morgan fingerprint density at radius 1 is 1.53 bits per heavy atom. The molecule has 0 amide bonds. The van der Waals surface area contributed by atoms with E-state index in [-0.39, 0.29) is 5.97 Å². The highest BCUT2D eigenvalue weighted by molar-refractivity contribution is 5.74. The molecule has 1 aromatic carbocycles. The zero-order chi connectivity index (χ0) is 13.8. The molecule has 0 bridgehead atoms. The topological polar surface area (TPSA) is 55.8 Å². The SMILES string of the molecule is CCOC(=O)C(C)Oc1cccc2c1CCCC2O. The Bertz CT molecular complexity index is 455. The first-order valence-electron chi connectivity index (χ1n) is 6.76. The second-order valence-corrected chi connectivity index (χ2v) is 4.74. The summed E-state index contributed by atoms with van der Waals surface area (Å²) in [7, 11) is 0. The van der Waals surface area contributed by atoms with Crippen molar-refractivity contribution in [1.29, 1.82) is 0 Å². The Hall–Kier alpha value is -1.55. The molecular weight excluding hydrogens is 244 g/mol. The molecule has 0 aliphatic heterocycles. The van der Waals surface area contributed by atoms with Gasteiger partial charge >= 0.3 is 5.97 Å². The maximum atomic E-state index is 11.6. The predicted octanol–water partition coefficient (Wildman–Crippen LogP) is 2.39. The second kappa shape index (κ2) is 6.06. The van der Waals surface area contributed by atoms with Gasteiger partial charge in [-0.05, 0) is 50.3 Å². The first kappa shape index (κ1) is 13.9. The van der Waals surface area contributed by atoms with Crippen molar-refractivity contribution >= 4 is 5.97 Å².